The summed E-state index contributed by atoms with van der Waals surface area (Å²) in [5.74, 6) is 0.416. The molecule has 168 valence electrons. The predicted molar refractivity (Wildman–Crippen MR) is 128 cm³/mol. The molecule has 2 heterocycles. The van der Waals surface area contributed by atoms with Crippen molar-refractivity contribution in [1.29, 1.82) is 5.26 Å². The van der Waals surface area contributed by atoms with E-state index in [1.165, 1.54) is 0 Å². The largest absolute Gasteiger partial charge is 0.383 e. The zero-order valence-electron chi connectivity index (χ0n) is 18.5. The number of nitriles is 1. The van der Waals surface area contributed by atoms with Crippen LogP contribution in [-0.4, -0.2) is 42.2 Å². The second kappa shape index (κ2) is 9.99. The Kier molecular flexibility index (Phi) is 6.87. The lowest BCUT2D eigenvalue weighted by molar-refractivity contribution is -0.117. The van der Waals surface area contributed by atoms with Crippen LogP contribution in [0.15, 0.2) is 48.7 Å². The van der Waals surface area contributed by atoms with E-state index in [2.05, 4.69) is 21.4 Å². The van der Waals surface area contributed by atoms with E-state index < -0.39 is 0 Å². The number of carbonyl (C=O) groups is 1. The van der Waals surface area contributed by atoms with Crippen molar-refractivity contribution in [3.05, 3.63) is 70.4 Å². The van der Waals surface area contributed by atoms with Crippen LogP contribution in [0.25, 0.3) is 11.3 Å². The number of amides is 1. The first-order valence-corrected chi connectivity index (χ1v) is 11.1. The molecule has 0 spiro atoms. The molecular weight excluding hydrogens is 438 g/mol. The summed E-state index contributed by atoms with van der Waals surface area (Å²) in [6.45, 7) is 3.04. The van der Waals surface area contributed by atoms with Crippen molar-refractivity contribution in [3.63, 3.8) is 0 Å². The van der Waals surface area contributed by atoms with Crippen molar-refractivity contribution in [2.75, 3.05) is 30.5 Å². The third kappa shape index (κ3) is 4.98. The summed E-state index contributed by atoms with van der Waals surface area (Å²) in [7, 11) is 1.64. The molecule has 7 nitrogen and oxygen atoms in total. The van der Waals surface area contributed by atoms with E-state index in [1.807, 2.05) is 37.3 Å². The van der Waals surface area contributed by atoms with Gasteiger partial charge in [-0.3, -0.25) is 4.79 Å². The highest BCUT2D eigenvalue weighted by molar-refractivity contribution is 6.31. The van der Waals surface area contributed by atoms with E-state index in [1.54, 1.807) is 30.3 Å². The summed E-state index contributed by atoms with van der Waals surface area (Å²) in [5.41, 5.74) is 4.38. The first-order valence-electron chi connectivity index (χ1n) is 10.7. The molecule has 0 radical (unpaired) electrons. The number of hydrogen-bond donors (Lipinski definition) is 1. The number of hydrogen-bond acceptors (Lipinski definition) is 6. The van der Waals surface area contributed by atoms with Crippen LogP contribution >= 0.6 is 11.6 Å². The van der Waals surface area contributed by atoms with Gasteiger partial charge in [0.1, 0.15) is 6.07 Å². The van der Waals surface area contributed by atoms with Gasteiger partial charge in [-0.2, -0.15) is 5.26 Å². The van der Waals surface area contributed by atoms with Gasteiger partial charge < -0.3 is 15.0 Å². The Labute approximate surface area is 198 Å². The Morgan fingerprint density at radius 2 is 2.15 bits per heavy atom. The van der Waals surface area contributed by atoms with Crippen LogP contribution in [0.3, 0.4) is 0 Å². The molecule has 33 heavy (non-hydrogen) atoms. The van der Waals surface area contributed by atoms with Gasteiger partial charge in [-0.15, -0.1) is 0 Å². The van der Waals surface area contributed by atoms with Gasteiger partial charge in [0.25, 0.3) is 0 Å². The quantitative estimate of drug-likeness (QED) is 0.565. The molecule has 1 aromatic heterocycles. The molecule has 1 N–H and O–H groups in total. The third-order valence-electron chi connectivity index (χ3n) is 5.53. The van der Waals surface area contributed by atoms with Crippen molar-refractivity contribution in [2.24, 2.45) is 0 Å². The number of halogens is 1. The van der Waals surface area contributed by atoms with Crippen molar-refractivity contribution >= 4 is 29.1 Å². The maximum absolute atomic E-state index is 13.1. The van der Waals surface area contributed by atoms with Crippen LogP contribution in [0.4, 0.5) is 11.6 Å². The summed E-state index contributed by atoms with van der Waals surface area (Å²) in [6, 6.07) is 15.2. The molecule has 8 heteroatoms. The lowest BCUT2D eigenvalue weighted by Crippen LogP contribution is -2.31. The van der Waals surface area contributed by atoms with Crippen molar-refractivity contribution in [3.8, 4) is 17.3 Å². The molecule has 0 aliphatic carbocycles. The highest BCUT2D eigenvalue weighted by Crippen LogP contribution is 2.36. The van der Waals surface area contributed by atoms with Crippen LogP contribution in [-0.2, 0) is 22.4 Å². The molecule has 1 unspecified atom stereocenters. The van der Waals surface area contributed by atoms with Crippen molar-refractivity contribution in [1.82, 2.24) is 9.97 Å². The van der Waals surface area contributed by atoms with E-state index in [9.17, 15) is 10.1 Å². The van der Waals surface area contributed by atoms with Crippen LogP contribution < -0.4 is 10.2 Å². The van der Waals surface area contributed by atoms with Crippen molar-refractivity contribution in [2.45, 2.75) is 25.8 Å². The smallest absolute Gasteiger partial charge is 0.231 e. The minimum atomic E-state index is -0.0771. The molecule has 4 rings (SSSR count). The van der Waals surface area contributed by atoms with Crippen LogP contribution in [0, 0.1) is 11.3 Å². The maximum Gasteiger partial charge on any atom is 0.231 e. The van der Waals surface area contributed by atoms with Crippen molar-refractivity contribution < 1.29 is 9.53 Å². The number of ether oxygens (including phenoxy) is 1. The molecule has 1 atom stereocenters. The minimum absolute atomic E-state index is 0.0534. The number of carbonyl (C=O) groups excluding carboxylic acids is 1. The number of fused-ring (bicyclic) bond motifs is 1. The van der Waals surface area contributed by atoms with Gasteiger partial charge in [0.2, 0.25) is 11.9 Å². The number of rotatable bonds is 7. The molecule has 0 saturated carbocycles. The number of benzene rings is 2. The van der Waals surface area contributed by atoms with Gasteiger partial charge in [-0.05, 0) is 48.7 Å². The number of aromatic nitrogens is 2. The molecular formula is C25H24ClN5O2. The fraction of sp³-hybridized carbons (Fsp3) is 0.280. The highest BCUT2D eigenvalue weighted by atomic mass is 35.5. The first kappa shape index (κ1) is 22.7. The van der Waals surface area contributed by atoms with Gasteiger partial charge in [0, 0.05) is 36.5 Å². The Morgan fingerprint density at radius 3 is 2.91 bits per heavy atom. The topological polar surface area (TPSA) is 91.1 Å². The fourth-order valence-electron chi connectivity index (χ4n) is 4.03. The maximum atomic E-state index is 13.1. The Morgan fingerprint density at radius 1 is 1.33 bits per heavy atom. The molecule has 2 aromatic carbocycles. The van der Waals surface area contributed by atoms with Crippen LogP contribution in [0.1, 0.15) is 23.6 Å². The summed E-state index contributed by atoms with van der Waals surface area (Å²) in [6.07, 6.45) is 2.54. The van der Waals surface area contributed by atoms with Gasteiger partial charge in [0.05, 0.1) is 30.0 Å². The SMILES string of the molecule is COCC(C)Nc1nccc(-c2cc(C#N)c3c(c2)CCN3C(=O)Cc2ccccc2Cl)n1. The number of nitrogens with one attached hydrogen (secondary N) is 1. The fourth-order valence-corrected chi connectivity index (χ4v) is 4.23. The molecule has 0 saturated heterocycles. The zero-order valence-corrected chi connectivity index (χ0v) is 19.3. The molecule has 1 amide bonds. The summed E-state index contributed by atoms with van der Waals surface area (Å²) in [4.78, 5) is 23.6. The third-order valence-corrected chi connectivity index (χ3v) is 5.90. The molecule has 3 aromatic rings. The second-order valence-electron chi connectivity index (χ2n) is 7.97. The highest BCUT2D eigenvalue weighted by Gasteiger charge is 2.29. The van der Waals surface area contributed by atoms with E-state index in [0.29, 0.717) is 47.5 Å². The Balaban J connectivity index is 1.61. The Hall–Kier alpha value is -3.47. The van der Waals surface area contributed by atoms with Gasteiger partial charge in [-0.1, -0.05) is 29.8 Å². The average molecular weight is 462 g/mol. The lowest BCUT2D eigenvalue weighted by Gasteiger charge is -2.19. The standard InChI is InChI=1S/C25H24ClN5O2/c1-16(15-33-2)29-25-28-9-7-22(30-25)19-11-18-8-10-31(24(18)20(12-19)14-27)23(32)13-17-5-3-4-6-21(17)26/h3-7,9,11-12,16H,8,10,13,15H2,1-2H3,(H,28,29,30). The molecule has 0 bridgehead atoms. The molecule has 1 aliphatic heterocycles. The predicted octanol–water partition coefficient (Wildman–Crippen LogP) is 4.25. The normalized spacial score (nSPS) is 13.3. The lowest BCUT2D eigenvalue weighted by atomic mass is 10.0. The molecule has 1 aliphatic rings. The zero-order chi connectivity index (χ0) is 23.4. The van der Waals surface area contributed by atoms with E-state index >= 15 is 0 Å². The number of anilines is 2. The second-order valence-corrected chi connectivity index (χ2v) is 8.38. The minimum Gasteiger partial charge on any atom is -0.383 e. The van der Waals surface area contributed by atoms with Crippen LogP contribution in [0.2, 0.25) is 5.02 Å². The van der Waals surface area contributed by atoms with E-state index in [0.717, 1.165) is 16.7 Å². The van der Waals surface area contributed by atoms with Gasteiger partial charge in [-0.25, -0.2) is 9.97 Å². The monoisotopic (exact) mass is 461 g/mol. The summed E-state index contributed by atoms with van der Waals surface area (Å²) in [5, 5.41) is 13.6. The number of nitrogens with zero attached hydrogens (tertiary/aromatic N) is 4. The van der Waals surface area contributed by atoms with Crippen LogP contribution in [0.5, 0.6) is 0 Å². The van der Waals surface area contributed by atoms with Gasteiger partial charge in [0.15, 0.2) is 0 Å². The van der Waals surface area contributed by atoms with Gasteiger partial charge >= 0.3 is 0 Å². The average Bonchev–Trinajstić information content (AvgIpc) is 3.24. The molecule has 0 fully saturated rings. The summed E-state index contributed by atoms with van der Waals surface area (Å²) >= 11 is 6.24. The first-order chi connectivity index (χ1) is 16.0. The van der Waals surface area contributed by atoms with E-state index in [4.69, 9.17) is 16.3 Å². The Bertz CT molecular complexity index is 1220. The number of methoxy groups -OCH3 is 1. The summed E-state index contributed by atoms with van der Waals surface area (Å²) < 4.78 is 5.15. The van der Waals surface area contributed by atoms with E-state index in [-0.39, 0.29) is 18.4 Å².